The summed E-state index contributed by atoms with van der Waals surface area (Å²) < 4.78 is 14.0. The Balaban J connectivity index is 1.55. The van der Waals surface area contributed by atoms with Gasteiger partial charge in [0.05, 0.1) is 5.56 Å². The van der Waals surface area contributed by atoms with E-state index in [1.807, 2.05) is 32.0 Å². The number of para-hydroxylation sites is 1. The largest absolute Gasteiger partial charge is 0.358 e. The van der Waals surface area contributed by atoms with E-state index < -0.39 is 17.8 Å². The maximum absolute atomic E-state index is 14.0. The SMILES string of the molecule is CC(C)[C@@H](NC(=O)c1ccccc1F)C(=O)N1CCc2[nH]c3ccccc3c2C1. The smallest absolute Gasteiger partial charge is 0.254 e. The number of hydrogen-bond donors (Lipinski definition) is 2. The molecule has 0 bridgehead atoms. The molecule has 0 saturated heterocycles. The van der Waals surface area contributed by atoms with Crippen LogP contribution in [0.25, 0.3) is 10.9 Å². The minimum Gasteiger partial charge on any atom is -0.358 e. The number of rotatable bonds is 4. The Morgan fingerprint density at radius 3 is 2.59 bits per heavy atom. The van der Waals surface area contributed by atoms with Crippen molar-refractivity contribution < 1.29 is 14.0 Å². The van der Waals surface area contributed by atoms with Crippen LogP contribution in [-0.2, 0) is 17.8 Å². The van der Waals surface area contributed by atoms with Gasteiger partial charge in [-0.3, -0.25) is 9.59 Å². The van der Waals surface area contributed by atoms with Crippen LogP contribution in [0.3, 0.4) is 0 Å². The van der Waals surface area contributed by atoms with Crippen LogP contribution in [0.15, 0.2) is 48.5 Å². The molecule has 2 N–H and O–H groups in total. The highest BCUT2D eigenvalue weighted by atomic mass is 19.1. The Morgan fingerprint density at radius 2 is 1.83 bits per heavy atom. The second kappa shape index (κ2) is 7.70. The van der Waals surface area contributed by atoms with Gasteiger partial charge in [-0.25, -0.2) is 4.39 Å². The lowest BCUT2D eigenvalue weighted by molar-refractivity contribution is -0.135. The molecular weight excluding hydrogens is 369 g/mol. The molecule has 1 aromatic heterocycles. The van der Waals surface area contributed by atoms with Gasteiger partial charge in [0.15, 0.2) is 0 Å². The molecule has 2 aromatic carbocycles. The summed E-state index contributed by atoms with van der Waals surface area (Å²) in [5, 5.41) is 3.87. The highest BCUT2D eigenvalue weighted by molar-refractivity contribution is 5.98. The van der Waals surface area contributed by atoms with Crippen molar-refractivity contribution in [2.24, 2.45) is 5.92 Å². The van der Waals surface area contributed by atoms with E-state index in [4.69, 9.17) is 0 Å². The lowest BCUT2D eigenvalue weighted by Crippen LogP contribution is -2.52. The fraction of sp³-hybridized carbons (Fsp3) is 0.304. The predicted octanol–water partition coefficient (Wildman–Crippen LogP) is 3.65. The van der Waals surface area contributed by atoms with Gasteiger partial charge in [0.1, 0.15) is 11.9 Å². The van der Waals surface area contributed by atoms with Crippen LogP contribution in [0.2, 0.25) is 0 Å². The Bertz CT molecular complexity index is 1070. The van der Waals surface area contributed by atoms with Crippen LogP contribution in [0, 0.1) is 11.7 Å². The number of carbonyl (C=O) groups is 2. The average Bonchev–Trinajstić information content (AvgIpc) is 3.09. The fourth-order valence-electron chi connectivity index (χ4n) is 3.93. The summed E-state index contributed by atoms with van der Waals surface area (Å²) in [7, 11) is 0. The number of amides is 2. The third kappa shape index (κ3) is 3.62. The van der Waals surface area contributed by atoms with Crippen LogP contribution in [0.4, 0.5) is 4.39 Å². The van der Waals surface area contributed by atoms with Crippen molar-refractivity contribution in [2.75, 3.05) is 6.54 Å². The molecule has 0 spiro atoms. The lowest BCUT2D eigenvalue weighted by Gasteiger charge is -2.32. The van der Waals surface area contributed by atoms with Crippen molar-refractivity contribution in [3.63, 3.8) is 0 Å². The first-order valence-corrected chi connectivity index (χ1v) is 9.88. The molecule has 29 heavy (non-hydrogen) atoms. The third-order valence-electron chi connectivity index (χ3n) is 5.53. The number of H-pyrrole nitrogens is 1. The quantitative estimate of drug-likeness (QED) is 0.711. The van der Waals surface area contributed by atoms with Crippen LogP contribution in [-0.4, -0.2) is 34.3 Å². The molecule has 5 nitrogen and oxygen atoms in total. The van der Waals surface area contributed by atoms with Crippen LogP contribution in [0.1, 0.15) is 35.5 Å². The second-order valence-corrected chi connectivity index (χ2v) is 7.81. The van der Waals surface area contributed by atoms with E-state index in [1.54, 1.807) is 11.0 Å². The molecule has 0 fully saturated rings. The van der Waals surface area contributed by atoms with E-state index in [0.29, 0.717) is 13.1 Å². The van der Waals surface area contributed by atoms with Gasteiger partial charge in [0.2, 0.25) is 5.91 Å². The van der Waals surface area contributed by atoms with Gasteiger partial charge >= 0.3 is 0 Å². The minimum atomic E-state index is -0.714. The molecule has 150 valence electrons. The first-order chi connectivity index (χ1) is 14.0. The molecule has 4 rings (SSSR count). The molecule has 0 radical (unpaired) electrons. The lowest BCUT2D eigenvalue weighted by atomic mass is 9.99. The standard InChI is InChI=1S/C23H24FN3O2/c1-14(2)21(26-22(28)16-8-3-5-9-18(16)24)23(29)27-12-11-20-17(13-27)15-7-4-6-10-19(15)25-20/h3-10,14,21,25H,11-13H2,1-2H3,(H,26,28)/t21-/m1/s1. The first-order valence-electron chi connectivity index (χ1n) is 9.88. The van der Waals surface area contributed by atoms with Crippen molar-refractivity contribution in [3.05, 3.63) is 71.2 Å². The molecule has 1 atom stereocenters. The number of aromatic nitrogens is 1. The van der Waals surface area contributed by atoms with Gasteiger partial charge in [-0.15, -0.1) is 0 Å². The molecule has 1 aliphatic rings. The number of benzene rings is 2. The monoisotopic (exact) mass is 393 g/mol. The zero-order chi connectivity index (χ0) is 20.5. The first kappa shape index (κ1) is 19.2. The summed E-state index contributed by atoms with van der Waals surface area (Å²) in [5.41, 5.74) is 3.30. The van der Waals surface area contributed by atoms with Gasteiger partial charge in [0, 0.05) is 41.7 Å². The Morgan fingerprint density at radius 1 is 1.10 bits per heavy atom. The van der Waals surface area contributed by atoms with Gasteiger partial charge in [0.25, 0.3) is 5.91 Å². The van der Waals surface area contributed by atoms with Crippen molar-refractivity contribution in [1.29, 1.82) is 0 Å². The van der Waals surface area contributed by atoms with Crippen molar-refractivity contribution >= 4 is 22.7 Å². The summed E-state index contributed by atoms with van der Waals surface area (Å²) in [4.78, 5) is 31.1. The Hall–Kier alpha value is -3.15. The van der Waals surface area contributed by atoms with Crippen LogP contribution < -0.4 is 5.32 Å². The summed E-state index contributed by atoms with van der Waals surface area (Å²) >= 11 is 0. The second-order valence-electron chi connectivity index (χ2n) is 7.81. The average molecular weight is 393 g/mol. The van der Waals surface area contributed by atoms with Crippen LogP contribution in [0.5, 0.6) is 0 Å². The maximum Gasteiger partial charge on any atom is 0.254 e. The van der Waals surface area contributed by atoms with Gasteiger partial charge in [-0.1, -0.05) is 44.2 Å². The molecule has 6 heteroatoms. The van der Waals surface area contributed by atoms with Crippen molar-refractivity contribution in [3.8, 4) is 0 Å². The molecule has 3 aromatic rings. The Labute approximate surface area is 168 Å². The fourth-order valence-corrected chi connectivity index (χ4v) is 3.93. The molecule has 0 aliphatic carbocycles. The van der Waals surface area contributed by atoms with Gasteiger partial charge < -0.3 is 15.2 Å². The molecule has 1 aliphatic heterocycles. The normalized spacial score (nSPS) is 14.7. The number of nitrogens with zero attached hydrogens (tertiary/aromatic N) is 1. The van der Waals surface area contributed by atoms with Gasteiger partial charge in [-0.2, -0.15) is 0 Å². The highest BCUT2D eigenvalue weighted by Gasteiger charge is 2.32. The van der Waals surface area contributed by atoms with Gasteiger partial charge in [-0.05, 0) is 24.1 Å². The topological polar surface area (TPSA) is 65.2 Å². The molecular formula is C23H24FN3O2. The number of halogens is 1. The molecule has 0 unspecified atom stereocenters. The van der Waals surface area contributed by atoms with E-state index in [1.165, 1.54) is 18.2 Å². The van der Waals surface area contributed by atoms with E-state index in [2.05, 4.69) is 16.4 Å². The highest BCUT2D eigenvalue weighted by Crippen LogP contribution is 2.28. The third-order valence-corrected chi connectivity index (χ3v) is 5.53. The number of fused-ring (bicyclic) bond motifs is 3. The van der Waals surface area contributed by atoms with E-state index in [0.717, 1.165) is 28.6 Å². The number of carbonyl (C=O) groups excluding carboxylic acids is 2. The van der Waals surface area contributed by atoms with Crippen molar-refractivity contribution in [1.82, 2.24) is 15.2 Å². The summed E-state index contributed by atoms with van der Waals surface area (Å²) in [6.07, 6.45) is 0.738. The van der Waals surface area contributed by atoms with Crippen molar-refractivity contribution in [2.45, 2.75) is 32.9 Å². The summed E-state index contributed by atoms with van der Waals surface area (Å²) in [6.45, 7) is 4.84. The zero-order valence-corrected chi connectivity index (χ0v) is 16.5. The molecule has 2 heterocycles. The molecule has 0 saturated carbocycles. The Kier molecular flexibility index (Phi) is 5.09. The number of nitrogens with one attached hydrogen (secondary N) is 2. The summed E-state index contributed by atoms with van der Waals surface area (Å²) in [6, 6.07) is 13.1. The molecule has 2 amide bonds. The maximum atomic E-state index is 14.0. The van der Waals surface area contributed by atoms with Crippen LogP contribution >= 0.6 is 0 Å². The zero-order valence-electron chi connectivity index (χ0n) is 16.5. The predicted molar refractivity (Wildman–Crippen MR) is 110 cm³/mol. The number of hydrogen-bond acceptors (Lipinski definition) is 2. The summed E-state index contributed by atoms with van der Waals surface area (Å²) in [5.74, 6) is -1.43. The number of aromatic amines is 1. The van der Waals surface area contributed by atoms with E-state index in [-0.39, 0.29) is 17.4 Å². The van der Waals surface area contributed by atoms with E-state index >= 15 is 0 Å². The minimum absolute atomic E-state index is 0.0523. The van der Waals surface area contributed by atoms with E-state index in [9.17, 15) is 14.0 Å².